The molecule has 0 aromatic heterocycles. The van der Waals surface area contributed by atoms with Gasteiger partial charge in [-0.2, -0.15) is 0 Å². The van der Waals surface area contributed by atoms with Gasteiger partial charge in [0, 0.05) is 18.7 Å². The molecule has 1 aromatic carbocycles. The van der Waals surface area contributed by atoms with Crippen LogP contribution in [0, 0.1) is 6.92 Å². The Morgan fingerprint density at radius 3 is 2.35 bits per heavy atom. The maximum atomic E-state index is 12.2. The number of benzene rings is 1. The third-order valence-electron chi connectivity index (χ3n) is 2.88. The SMILES string of the molecule is CCN(CC)C(=O)c1cc(C)cc(C(C)O)c1. The monoisotopic (exact) mass is 235 g/mol. The Labute approximate surface area is 103 Å². The van der Waals surface area contributed by atoms with Crippen LogP contribution in [0.4, 0.5) is 0 Å². The Morgan fingerprint density at radius 1 is 1.29 bits per heavy atom. The van der Waals surface area contributed by atoms with Crippen molar-refractivity contribution in [2.75, 3.05) is 13.1 Å². The first-order valence-corrected chi connectivity index (χ1v) is 6.08. The number of amides is 1. The third kappa shape index (κ3) is 3.30. The molecule has 1 aromatic rings. The maximum absolute atomic E-state index is 12.2. The smallest absolute Gasteiger partial charge is 0.253 e. The van der Waals surface area contributed by atoms with Crippen LogP contribution < -0.4 is 0 Å². The fraction of sp³-hybridized carbons (Fsp3) is 0.500. The van der Waals surface area contributed by atoms with E-state index >= 15 is 0 Å². The zero-order valence-electron chi connectivity index (χ0n) is 11.0. The summed E-state index contributed by atoms with van der Waals surface area (Å²) in [5.41, 5.74) is 2.45. The molecule has 0 spiro atoms. The van der Waals surface area contributed by atoms with Crippen LogP contribution in [-0.2, 0) is 0 Å². The molecule has 1 rings (SSSR count). The fourth-order valence-corrected chi connectivity index (χ4v) is 1.87. The van der Waals surface area contributed by atoms with Gasteiger partial charge in [0.1, 0.15) is 0 Å². The summed E-state index contributed by atoms with van der Waals surface area (Å²) in [7, 11) is 0. The second kappa shape index (κ2) is 5.82. The average molecular weight is 235 g/mol. The summed E-state index contributed by atoms with van der Waals surface area (Å²) < 4.78 is 0. The van der Waals surface area contributed by atoms with Crippen molar-refractivity contribution >= 4 is 5.91 Å². The van der Waals surface area contributed by atoms with E-state index in [0.717, 1.165) is 11.1 Å². The van der Waals surface area contributed by atoms with Crippen molar-refractivity contribution in [3.8, 4) is 0 Å². The van der Waals surface area contributed by atoms with Gasteiger partial charge in [0.15, 0.2) is 0 Å². The van der Waals surface area contributed by atoms with Gasteiger partial charge in [0.05, 0.1) is 6.10 Å². The molecule has 94 valence electrons. The predicted octanol–water partition coefficient (Wildman–Crippen LogP) is 2.53. The Hall–Kier alpha value is -1.35. The summed E-state index contributed by atoms with van der Waals surface area (Å²) in [6.07, 6.45) is -0.543. The van der Waals surface area contributed by atoms with Gasteiger partial charge in [-0.1, -0.05) is 6.07 Å². The highest BCUT2D eigenvalue weighted by molar-refractivity contribution is 5.94. The first-order valence-electron chi connectivity index (χ1n) is 6.08. The van der Waals surface area contributed by atoms with Gasteiger partial charge in [0.2, 0.25) is 0 Å². The highest BCUT2D eigenvalue weighted by Crippen LogP contribution is 2.17. The lowest BCUT2D eigenvalue weighted by atomic mass is 10.0. The number of carbonyl (C=O) groups is 1. The summed E-state index contributed by atoms with van der Waals surface area (Å²) in [4.78, 5) is 14.0. The van der Waals surface area contributed by atoms with Crippen molar-refractivity contribution in [1.29, 1.82) is 0 Å². The van der Waals surface area contributed by atoms with E-state index in [-0.39, 0.29) is 5.91 Å². The molecule has 3 heteroatoms. The number of carbonyl (C=O) groups excluding carboxylic acids is 1. The standard InChI is InChI=1S/C14H21NO2/c1-5-15(6-2)14(17)13-8-10(3)7-12(9-13)11(4)16/h7-9,11,16H,5-6H2,1-4H3. The predicted molar refractivity (Wildman–Crippen MR) is 69.1 cm³/mol. The number of aryl methyl sites for hydroxylation is 1. The van der Waals surface area contributed by atoms with Gasteiger partial charge in [-0.25, -0.2) is 0 Å². The van der Waals surface area contributed by atoms with Crippen molar-refractivity contribution in [3.05, 3.63) is 34.9 Å². The minimum atomic E-state index is -0.543. The summed E-state index contributed by atoms with van der Waals surface area (Å²) >= 11 is 0. The number of aliphatic hydroxyl groups is 1. The van der Waals surface area contributed by atoms with E-state index in [1.54, 1.807) is 17.9 Å². The summed E-state index contributed by atoms with van der Waals surface area (Å²) in [5, 5.41) is 9.58. The summed E-state index contributed by atoms with van der Waals surface area (Å²) in [5.74, 6) is 0.0283. The minimum Gasteiger partial charge on any atom is -0.389 e. The van der Waals surface area contributed by atoms with Crippen LogP contribution >= 0.6 is 0 Å². The lowest BCUT2D eigenvalue weighted by Crippen LogP contribution is -2.30. The molecule has 0 aliphatic rings. The molecule has 1 atom stereocenters. The van der Waals surface area contributed by atoms with E-state index in [9.17, 15) is 9.90 Å². The minimum absolute atomic E-state index is 0.0283. The molecule has 0 aliphatic carbocycles. The van der Waals surface area contributed by atoms with Crippen LogP contribution in [0.25, 0.3) is 0 Å². The molecule has 1 amide bonds. The molecule has 3 nitrogen and oxygen atoms in total. The van der Waals surface area contributed by atoms with E-state index in [0.29, 0.717) is 18.7 Å². The molecular weight excluding hydrogens is 214 g/mol. The van der Waals surface area contributed by atoms with Gasteiger partial charge in [-0.05, 0) is 51.0 Å². The molecule has 17 heavy (non-hydrogen) atoms. The van der Waals surface area contributed by atoms with Crippen LogP contribution in [-0.4, -0.2) is 29.0 Å². The lowest BCUT2D eigenvalue weighted by molar-refractivity contribution is 0.0772. The van der Waals surface area contributed by atoms with Gasteiger partial charge in [-0.15, -0.1) is 0 Å². The molecular formula is C14H21NO2. The molecule has 0 fully saturated rings. The summed E-state index contributed by atoms with van der Waals surface area (Å²) in [6, 6.07) is 5.55. The van der Waals surface area contributed by atoms with Crippen molar-refractivity contribution in [2.24, 2.45) is 0 Å². The van der Waals surface area contributed by atoms with E-state index in [4.69, 9.17) is 0 Å². The first kappa shape index (κ1) is 13.7. The van der Waals surface area contributed by atoms with Crippen LogP contribution in [0.3, 0.4) is 0 Å². The first-order chi connectivity index (χ1) is 7.99. The Balaban J connectivity index is 3.09. The number of rotatable bonds is 4. The van der Waals surface area contributed by atoms with Gasteiger partial charge in [0.25, 0.3) is 5.91 Å². The van der Waals surface area contributed by atoms with E-state index in [1.165, 1.54) is 0 Å². The largest absolute Gasteiger partial charge is 0.389 e. The highest BCUT2D eigenvalue weighted by atomic mass is 16.3. The molecule has 0 radical (unpaired) electrons. The topological polar surface area (TPSA) is 40.5 Å². The second-order valence-corrected chi connectivity index (χ2v) is 4.29. The van der Waals surface area contributed by atoms with E-state index in [1.807, 2.05) is 32.9 Å². The van der Waals surface area contributed by atoms with Crippen molar-refractivity contribution in [3.63, 3.8) is 0 Å². The van der Waals surface area contributed by atoms with Crippen molar-refractivity contribution < 1.29 is 9.90 Å². The Kier molecular flexibility index (Phi) is 4.70. The molecule has 0 heterocycles. The molecule has 0 bridgehead atoms. The quantitative estimate of drug-likeness (QED) is 0.871. The Morgan fingerprint density at radius 2 is 1.88 bits per heavy atom. The lowest BCUT2D eigenvalue weighted by Gasteiger charge is -2.19. The number of nitrogens with zero attached hydrogens (tertiary/aromatic N) is 1. The normalized spacial score (nSPS) is 12.3. The van der Waals surface area contributed by atoms with Crippen LogP contribution in [0.5, 0.6) is 0 Å². The van der Waals surface area contributed by atoms with Crippen molar-refractivity contribution in [1.82, 2.24) is 4.90 Å². The average Bonchev–Trinajstić information content (AvgIpc) is 2.29. The molecule has 0 saturated carbocycles. The van der Waals surface area contributed by atoms with Crippen LogP contribution in [0.15, 0.2) is 18.2 Å². The van der Waals surface area contributed by atoms with Gasteiger partial charge >= 0.3 is 0 Å². The fourth-order valence-electron chi connectivity index (χ4n) is 1.87. The third-order valence-corrected chi connectivity index (χ3v) is 2.88. The molecule has 1 unspecified atom stereocenters. The zero-order chi connectivity index (χ0) is 13.0. The second-order valence-electron chi connectivity index (χ2n) is 4.29. The van der Waals surface area contributed by atoms with Crippen LogP contribution in [0.1, 0.15) is 48.4 Å². The number of hydrogen-bond acceptors (Lipinski definition) is 2. The highest BCUT2D eigenvalue weighted by Gasteiger charge is 2.14. The number of aliphatic hydroxyl groups excluding tert-OH is 1. The van der Waals surface area contributed by atoms with E-state index in [2.05, 4.69) is 0 Å². The van der Waals surface area contributed by atoms with Gasteiger partial charge < -0.3 is 10.0 Å². The molecule has 0 aliphatic heterocycles. The van der Waals surface area contributed by atoms with Gasteiger partial charge in [-0.3, -0.25) is 4.79 Å². The van der Waals surface area contributed by atoms with Crippen LogP contribution in [0.2, 0.25) is 0 Å². The Bertz CT molecular complexity index is 395. The number of hydrogen-bond donors (Lipinski definition) is 1. The maximum Gasteiger partial charge on any atom is 0.253 e. The molecule has 1 N–H and O–H groups in total. The molecule has 0 saturated heterocycles. The summed E-state index contributed by atoms with van der Waals surface area (Å²) in [6.45, 7) is 8.98. The van der Waals surface area contributed by atoms with Crippen molar-refractivity contribution in [2.45, 2.75) is 33.8 Å². The zero-order valence-corrected chi connectivity index (χ0v) is 11.0. The van der Waals surface area contributed by atoms with E-state index < -0.39 is 6.10 Å².